The van der Waals surface area contributed by atoms with E-state index in [1.807, 2.05) is 67.1 Å². The van der Waals surface area contributed by atoms with Crippen LogP contribution in [0.25, 0.3) is 10.9 Å². The Hall–Kier alpha value is -2.55. The van der Waals surface area contributed by atoms with Crippen molar-refractivity contribution >= 4 is 22.5 Å². The molecule has 0 radical (unpaired) electrons. The molecule has 3 aromatic rings. The summed E-state index contributed by atoms with van der Waals surface area (Å²) in [7, 11) is 0. The first-order valence-corrected chi connectivity index (χ1v) is 7.05. The highest BCUT2D eigenvalue weighted by molar-refractivity contribution is 5.93. The lowest BCUT2D eigenvalue weighted by molar-refractivity contribution is -0.116. The summed E-state index contributed by atoms with van der Waals surface area (Å²) in [6.07, 6.45) is 1.95. The van der Waals surface area contributed by atoms with Crippen LogP contribution in [0.1, 0.15) is 11.1 Å². The number of anilines is 1. The number of nitrogens with one attached hydrogen (secondary N) is 1. The van der Waals surface area contributed by atoms with Crippen LogP contribution in [0.4, 0.5) is 5.69 Å². The Balaban J connectivity index is 1.81. The molecule has 106 valence electrons. The maximum absolute atomic E-state index is 12.3. The summed E-state index contributed by atoms with van der Waals surface area (Å²) >= 11 is 0. The van der Waals surface area contributed by atoms with Gasteiger partial charge >= 0.3 is 0 Å². The van der Waals surface area contributed by atoms with E-state index in [-0.39, 0.29) is 5.91 Å². The van der Waals surface area contributed by atoms with Gasteiger partial charge in [-0.05, 0) is 42.5 Å². The summed E-state index contributed by atoms with van der Waals surface area (Å²) in [4.78, 5) is 12.3. The highest BCUT2D eigenvalue weighted by Crippen LogP contribution is 2.20. The first-order chi connectivity index (χ1) is 10.1. The predicted octanol–water partition coefficient (Wildman–Crippen LogP) is 3.90. The summed E-state index contributed by atoms with van der Waals surface area (Å²) in [6, 6.07) is 16.1. The van der Waals surface area contributed by atoms with E-state index < -0.39 is 0 Å². The molecule has 2 aromatic carbocycles. The topological polar surface area (TPSA) is 34.0 Å². The Morgan fingerprint density at radius 1 is 1.00 bits per heavy atom. The third-order valence-corrected chi connectivity index (χ3v) is 3.74. The van der Waals surface area contributed by atoms with Crippen molar-refractivity contribution in [3.63, 3.8) is 0 Å². The van der Waals surface area contributed by atoms with Crippen LogP contribution >= 0.6 is 0 Å². The van der Waals surface area contributed by atoms with Crippen molar-refractivity contribution in [1.29, 1.82) is 0 Å². The van der Waals surface area contributed by atoms with Crippen molar-refractivity contribution in [2.75, 3.05) is 5.32 Å². The van der Waals surface area contributed by atoms with E-state index in [2.05, 4.69) is 11.4 Å². The number of rotatable bonds is 3. The Bertz CT molecular complexity index is 782. The van der Waals surface area contributed by atoms with E-state index in [0.717, 1.165) is 27.7 Å². The molecule has 0 fully saturated rings. The molecule has 3 heteroatoms. The van der Waals surface area contributed by atoms with Crippen molar-refractivity contribution in [1.82, 2.24) is 4.57 Å². The molecule has 0 aliphatic heterocycles. The number of hydrogen-bond acceptors (Lipinski definition) is 1. The van der Waals surface area contributed by atoms with Gasteiger partial charge in [-0.25, -0.2) is 0 Å². The first kappa shape index (κ1) is 13.4. The summed E-state index contributed by atoms with van der Waals surface area (Å²) < 4.78 is 1.97. The van der Waals surface area contributed by atoms with Crippen molar-refractivity contribution < 1.29 is 4.79 Å². The van der Waals surface area contributed by atoms with Crippen molar-refractivity contribution in [3.05, 3.63) is 65.9 Å². The number of carbonyl (C=O) groups excluding carboxylic acids is 1. The van der Waals surface area contributed by atoms with Crippen LogP contribution in [-0.2, 0) is 11.3 Å². The summed E-state index contributed by atoms with van der Waals surface area (Å²) in [5, 5.41) is 4.17. The number of nitrogens with zero attached hydrogens (tertiary/aromatic N) is 1. The Labute approximate surface area is 124 Å². The molecular weight excluding hydrogens is 260 g/mol. The van der Waals surface area contributed by atoms with Gasteiger partial charge in [0.1, 0.15) is 6.54 Å². The summed E-state index contributed by atoms with van der Waals surface area (Å²) in [5.41, 5.74) is 4.16. The van der Waals surface area contributed by atoms with Crippen LogP contribution in [0.15, 0.2) is 54.7 Å². The fraction of sp³-hybridized carbons (Fsp3) is 0.167. The molecule has 1 amide bonds. The summed E-state index contributed by atoms with van der Waals surface area (Å²) in [5.74, 6) is -0.00578. The van der Waals surface area contributed by atoms with Gasteiger partial charge in [-0.1, -0.05) is 36.4 Å². The fourth-order valence-corrected chi connectivity index (χ4v) is 2.62. The number of hydrogen-bond donors (Lipinski definition) is 1. The van der Waals surface area contributed by atoms with Gasteiger partial charge in [0.25, 0.3) is 0 Å². The van der Waals surface area contributed by atoms with E-state index in [9.17, 15) is 4.79 Å². The van der Waals surface area contributed by atoms with E-state index in [0.29, 0.717) is 6.54 Å². The second-order valence-electron chi connectivity index (χ2n) is 5.32. The van der Waals surface area contributed by atoms with Gasteiger partial charge in [-0.3, -0.25) is 4.79 Å². The maximum atomic E-state index is 12.3. The van der Waals surface area contributed by atoms with Crippen LogP contribution in [0.2, 0.25) is 0 Å². The third kappa shape index (κ3) is 2.68. The summed E-state index contributed by atoms with van der Waals surface area (Å²) in [6.45, 7) is 4.34. The van der Waals surface area contributed by atoms with Gasteiger partial charge < -0.3 is 9.88 Å². The van der Waals surface area contributed by atoms with Gasteiger partial charge in [0, 0.05) is 17.4 Å². The molecule has 0 saturated carbocycles. The van der Waals surface area contributed by atoms with E-state index in [1.165, 1.54) is 0 Å². The van der Waals surface area contributed by atoms with Gasteiger partial charge in [0.05, 0.1) is 0 Å². The number of aromatic nitrogens is 1. The van der Waals surface area contributed by atoms with E-state index >= 15 is 0 Å². The predicted molar refractivity (Wildman–Crippen MR) is 86.5 cm³/mol. The molecule has 1 aromatic heterocycles. The monoisotopic (exact) mass is 278 g/mol. The van der Waals surface area contributed by atoms with Crippen LogP contribution in [0.3, 0.4) is 0 Å². The first-order valence-electron chi connectivity index (χ1n) is 7.05. The second-order valence-corrected chi connectivity index (χ2v) is 5.32. The Morgan fingerprint density at radius 3 is 2.48 bits per heavy atom. The zero-order valence-electron chi connectivity index (χ0n) is 12.3. The molecule has 0 atom stereocenters. The lowest BCUT2D eigenvalue weighted by Gasteiger charge is -2.12. The number of fused-ring (bicyclic) bond motifs is 1. The molecule has 3 rings (SSSR count). The molecule has 21 heavy (non-hydrogen) atoms. The minimum atomic E-state index is -0.00578. The number of amides is 1. The largest absolute Gasteiger partial charge is 0.338 e. The second kappa shape index (κ2) is 5.44. The highest BCUT2D eigenvalue weighted by atomic mass is 16.1. The molecule has 0 spiro atoms. The van der Waals surface area contributed by atoms with E-state index in [1.54, 1.807) is 0 Å². The molecule has 0 aliphatic rings. The van der Waals surface area contributed by atoms with Gasteiger partial charge in [0.2, 0.25) is 5.91 Å². The smallest absolute Gasteiger partial charge is 0.244 e. The van der Waals surface area contributed by atoms with Crippen molar-refractivity contribution in [2.45, 2.75) is 20.4 Å². The normalized spacial score (nSPS) is 10.8. The quantitative estimate of drug-likeness (QED) is 0.774. The zero-order chi connectivity index (χ0) is 14.8. The van der Waals surface area contributed by atoms with Crippen LogP contribution in [0, 0.1) is 13.8 Å². The average Bonchev–Trinajstić information content (AvgIpc) is 2.87. The number of carbonyl (C=O) groups is 1. The molecule has 3 nitrogen and oxygen atoms in total. The molecule has 0 unspecified atom stereocenters. The van der Waals surface area contributed by atoms with Crippen molar-refractivity contribution in [3.8, 4) is 0 Å². The number of para-hydroxylation sites is 2. The Kier molecular flexibility index (Phi) is 3.48. The van der Waals surface area contributed by atoms with Crippen molar-refractivity contribution in [2.24, 2.45) is 0 Å². The third-order valence-electron chi connectivity index (χ3n) is 3.74. The standard InChI is InChI=1S/C18H18N2O/c1-13-6-5-7-14(2)18(13)19-17(21)12-20-11-10-15-8-3-4-9-16(15)20/h3-11H,12H2,1-2H3,(H,19,21). The van der Waals surface area contributed by atoms with Crippen LogP contribution < -0.4 is 5.32 Å². The van der Waals surface area contributed by atoms with E-state index in [4.69, 9.17) is 0 Å². The van der Waals surface area contributed by atoms with Crippen LogP contribution in [-0.4, -0.2) is 10.5 Å². The van der Waals surface area contributed by atoms with Gasteiger partial charge in [0.15, 0.2) is 0 Å². The lowest BCUT2D eigenvalue weighted by Crippen LogP contribution is -2.19. The highest BCUT2D eigenvalue weighted by Gasteiger charge is 2.09. The SMILES string of the molecule is Cc1cccc(C)c1NC(=O)Cn1ccc2ccccc21. The molecule has 0 bridgehead atoms. The fourth-order valence-electron chi connectivity index (χ4n) is 2.62. The number of benzene rings is 2. The molecule has 1 N–H and O–H groups in total. The minimum absolute atomic E-state index is 0.00578. The average molecular weight is 278 g/mol. The number of aryl methyl sites for hydroxylation is 2. The van der Waals surface area contributed by atoms with Gasteiger partial charge in [-0.15, -0.1) is 0 Å². The molecular formula is C18H18N2O. The molecule has 0 saturated heterocycles. The maximum Gasteiger partial charge on any atom is 0.244 e. The van der Waals surface area contributed by atoms with Crippen LogP contribution in [0.5, 0.6) is 0 Å². The lowest BCUT2D eigenvalue weighted by atomic mass is 10.1. The van der Waals surface area contributed by atoms with Gasteiger partial charge in [-0.2, -0.15) is 0 Å². The molecule has 0 aliphatic carbocycles. The molecule has 1 heterocycles. The minimum Gasteiger partial charge on any atom is -0.338 e. The Morgan fingerprint density at radius 2 is 1.71 bits per heavy atom. The zero-order valence-corrected chi connectivity index (χ0v) is 12.3.